The van der Waals surface area contributed by atoms with E-state index in [9.17, 15) is 9.59 Å². The molecular weight excluding hydrogens is 206 g/mol. The van der Waals surface area contributed by atoms with Crippen molar-refractivity contribution < 1.29 is 9.53 Å². The van der Waals surface area contributed by atoms with Gasteiger partial charge >= 0.3 is 11.1 Å². The Balaban J connectivity index is 3.06. The lowest BCUT2D eigenvalue weighted by atomic mass is 10.5. The quantitative estimate of drug-likeness (QED) is 0.405. The molecule has 0 aliphatic rings. The van der Waals surface area contributed by atoms with Crippen molar-refractivity contribution in [3.8, 4) is 0 Å². The highest BCUT2D eigenvalue weighted by molar-refractivity contribution is 7.75. The first-order chi connectivity index (χ1) is 6.69. The van der Waals surface area contributed by atoms with E-state index in [2.05, 4.69) is 25.8 Å². The van der Waals surface area contributed by atoms with Gasteiger partial charge in [0.2, 0.25) is 5.69 Å². The molecule has 0 radical (unpaired) electrons. The minimum absolute atomic E-state index is 0.186. The van der Waals surface area contributed by atoms with Crippen molar-refractivity contribution in [3.63, 3.8) is 0 Å². The molecule has 0 unspecified atom stereocenters. The maximum Gasteiger partial charge on any atom is 0.420 e. The Kier molecular flexibility index (Phi) is 3.41. The van der Waals surface area contributed by atoms with Crippen molar-refractivity contribution in [2.75, 3.05) is 6.61 Å². The minimum Gasteiger partial charge on any atom is -0.461 e. The maximum atomic E-state index is 11.2. The maximum absolute atomic E-state index is 11.2. The van der Waals surface area contributed by atoms with Crippen molar-refractivity contribution in [3.05, 3.63) is 16.0 Å². The van der Waals surface area contributed by atoms with Gasteiger partial charge in [-0.05, 0) is 6.92 Å². The highest BCUT2D eigenvalue weighted by atomic mass is 32.1. The first-order valence-corrected chi connectivity index (χ1v) is 4.73. The summed E-state index contributed by atoms with van der Waals surface area (Å²) >= 11 is 0.985. The van der Waals surface area contributed by atoms with E-state index in [0.29, 0.717) is 0 Å². The van der Waals surface area contributed by atoms with E-state index in [1.807, 2.05) is 0 Å². The van der Waals surface area contributed by atoms with Gasteiger partial charge in [-0.1, -0.05) is 5.10 Å². The van der Waals surface area contributed by atoms with Crippen LogP contribution in [0.1, 0.15) is 17.4 Å². The summed E-state index contributed by atoms with van der Waals surface area (Å²) in [4.78, 5) is 24.6. The molecule has 0 aromatic carbocycles. The van der Waals surface area contributed by atoms with E-state index in [1.165, 1.54) is 0 Å². The molecule has 0 atom stereocenters. The van der Waals surface area contributed by atoms with Gasteiger partial charge < -0.3 is 4.74 Å². The van der Waals surface area contributed by atoms with Gasteiger partial charge in [-0.2, -0.15) is 0 Å². The topological polar surface area (TPSA) is 84.9 Å². The smallest absolute Gasteiger partial charge is 0.420 e. The lowest BCUT2D eigenvalue weighted by Crippen LogP contribution is -2.23. The lowest BCUT2D eigenvalue weighted by Gasteiger charge is -1.96. The lowest BCUT2D eigenvalue weighted by molar-refractivity contribution is 0.0515. The van der Waals surface area contributed by atoms with Crippen LogP contribution in [0.2, 0.25) is 0 Å². The zero-order chi connectivity index (χ0) is 10.6. The van der Waals surface area contributed by atoms with E-state index in [0.717, 1.165) is 11.4 Å². The number of ether oxygens (including phenoxy) is 1. The van der Waals surface area contributed by atoms with Crippen LogP contribution in [0, 0.1) is 0 Å². The van der Waals surface area contributed by atoms with E-state index in [4.69, 9.17) is 0 Å². The summed E-state index contributed by atoms with van der Waals surface area (Å²) in [5, 5.41) is 7.25. The van der Waals surface area contributed by atoms with Crippen LogP contribution in [-0.4, -0.2) is 33.6 Å². The standard InChI is InChI=1S/C7H7N3O3S/c1-3-13-6(12)4-5(11)8-7(14-2)10-9-4/h2-3H2,1H3/p+1. The molecule has 1 N–H and O–H groups in total. The van der Waals surface area contributed by atoms with Gasteiger partial charge in [0.1, 0.15) is 0 Å². The number of carbonyl (C=O) groups is 1. The van der Waals surface area contributed by atoms with Crippen LogP contribution in [0.4, 0.5) is 0 Å². The largest absolute Gasteiger partial charge is 0.461 e. The zero-order valence-electron chi connectivity index (χ0n) is 7.44. The Morgan fingerprint density at radius 2 is 2.36 bits per heavy atom. The fourth-order valence-corrected chi connectivity index (χ4v) is 0.984. The van der Waals surface area contributed by atoms with Gasteiger partial charge in [0.05, 0.1) is 6.61 Å². The fourth-order valence-electron chi connectivity index (χ4n) is 0.720. The molecule has 0 bridgehead atoms. The van der Waals surface area contributed by atoms with Crippen LogP contribution in [0.15, 0.2) is 9.95 Å². The molecule has 0 saturated heterocycles. The van der Waals surface area contributed by atoms with E-state index in [1.54, 1.807) is 6.92 Å². The van der Waals surface area contributed by atoms with Gasteiger partial charge in [-0.25, -0.2) is 4.79 Å². The molecule has 0 aliphatic carbocycles. The third kappa shape index (κ3) is 2.19. The summed E-state index contributed by atoms with van der Waals surface area (Å²) in [6, 6.07) is 0. The Morgan fingerprint density at radius 3 is 2.86 bits per heavy atom. The second-order valence-corrected chi connectivity index (χ2v) is 2.85. The monoisotopic (exact) mass is 214 g/mol. The van der Waals surface area contributed by atoms with Crippen LogP contribution in [-0.2, 0) is 16.1 Å². The Hall–Kier alpha value is -1.63. The minimum atomic E-state index is -0.776. The predicted molar refractivity (Wildman–Crippen MR) is 51.4 cm³/mol. The average Bonchev–Trinajstić information content (AvgIpc) is 2.17. The number of H-pyrrole nitrogens is 1. The van der Waals surface area contributed by atoms with Crippen LogP contribution in [0.25, 0.3) is 0 Å². The number of nitrogens with one attached hydrogen (secondary N) is 1. The van der Waals surface area contributed by atoms with Gasteiger partial charge in [0, 0.05) is 0 Å². The summed E-state index contributed by atoms with van der Waals surface area (Å²) < 4.78 is 4.60. The highest BCUT2D eigenvalue weighted by Gasteiger charge is 2.16. The molecule has 1 aromatic heterocycles. The molecule has 6 nitrogen and oxygen atoms in total. The normalized spacial score (nSPS) is 9.50. The molecule has 1 rings (SSSR count). The number of hydrogen-bond acceptors (Lipinski definition) is 5. The molecule has 7 heteroatoms. The number of rotatable bonds is 3. The number of hydrogen-bond donors (Lipinski definition) is 1. The first-order valence-electron chi connectivity index (χ1n) is 3.75. The molecule has 74 valence electrons. The zero-order valence-corrected chi connectivity index (χ0v) is 8.26. The third-order valence-electron chi connectivity index (χ3n) is 1.28. The predicted octanol–water partition coefficient (Wildman–Crippen LogP) is -0.785. The number of aromatic amines is 1. The molecule has 0 amide bonds. The van der Waals surface area contributed by atoms with E-state index < -0.39 is 11.5 Å². The first kappa shape index (κ1) is 10.5. The SMILES string of the molecule is C=[S+]c1nnc(C(=O)OCC)c(=O)[nH]1. The summed E-state index contributed by atoms with van der Waals surface area (Å²) in [6.45, 7) is 1.82. The van der Waals surface area contributed by atoms with Crippen LogP contribution >= 0.6 is 0 Å². The average molecular weight is 214 g/mol. The molecule has 0 spiro atoms. The summed E-state index contributed by atoms with van der Waals surface area (Å²) in [6.07, 6.45) is 0. The second kappa shape index (κ2) is 4.56. The number of aromatic nitrogens is 3. The van der Waals surface area contributed by atoms with E-state index in [-0.39, 0.29) is 17.5 Å². The molecular formula is C7H8N3O3S+. The van der Waals surface area contributed by atoms with Crippen molar-refractivity contribution >= 4 is 23.2 Å². The van der Waals surface area contributed by atoms with Crippen LogP contribution in [0.5, 0.6) is 0 Å². The summed E-state index contributed by atoms with van der Waals surface area (Å²) in [7, 11) is 0. The van der Waals surface area contributed by atoms with Gasteiger partial charge in [-0.15, -0.1) is 5.10 Å². The van der Waals surface area contributed by atoms with E-state index >= 15 is 0 Å². The molecule has 0 aliphatic heterocycles. The molecule has 1 aromatic rings. The molecule has 0 saturated carbocycles. The molecule has 14 heavy (non-hydrogen) atoms. The number of esters is 1. The van der Waals surface area contributed by atoms with Crippen molar-refractivity contribution in [2.45, 2.75) is 12.1 Å². The van der Waals surface area contributed by atoms with Crippen molar-refractivity contribution in [2.24, 2.45) is 0 Å². The van der Waals surface area contributed by atoms with Gasteiger partial charge in [0.15, 0.2) is 5.87 Å². The molecule has 0 fully saturated rings. The number of nitrogens with zero attached hydrogens (tertiary/aromatic N) is 2. The van der Waals surface area contributed by atoms with Crippen molar-refractivity contribution in [1.82, 2.24) is 15.2 Å². The summed E-state index contributed by atoms with van der Waals surface area (Å²) in [5.74, 6) is 2.66. The van der Waals surface area contributed by atoms with Gasteiger partial charge in [0.25, 0.3) is 16.9 Å². The van der Waals surface area contributed by atoms with Crippen LogP contribution < -0.4 is 5.56 Å². The van der Waals surface area contributed by atoms with Crippen molar-refractivity contribution in [1.29, 1.82) is 0 Å². The fraction of sp³-hybridized carbons (Fsp3) is 0.286. The summed E-state index contributed by atoms with van der Waals surface area (Å²) in [5.41, 5.74) is -0.964. The van der Waals surface area contributed by atoms with Crippen LogP contribution in [0.3, 0.4) is 0 Å². The Bertz CT molecular complexity index is 415. The van der Waals surface area contributed by atoms with Gasteiger partial charge in [-0.3, -0.25) is 9.78 Å². The molecule has 1 heterocycles. The second-order valence-electron chi connectivity index (χ2n) is 2.17. The Labute approximate surface area is 83.3 Å². The highest BCUT2D eigenvalue weighted by Crippen LogP contribution is 1.89. The Morgan fingerprint density at radius 1 is 1.64 bits per heavy atom. The third-order valence-corrected chi connectivity index (χ3v) is 1.74. The number of carbonyl (C=O) groups excluding carboxylic acids is 1.